The summed E-state index contributed by atoms with van der Waals surface area (Å²) >= 11 is 1.44. The Bertz CT molecular complexity index is 1020. The number of likely N-dealkylation sites (N-methyl/N-ethyl adjacent to an activating group) is 1. The molecule has 0 saturated carbocycles. The monoisotopic (exact) mass is 383 g/mol. The zero-order valence-corrected chi connectivity index (χ0v) is 16.0. The number of aromatic nitrogens is 4. The molecule has 3 aromatic rings. The van der Waals surface area contributed by atoms with Crippen molar-refractivity contribution in [3.63, 3.8) is 0 Å². The molecule has 1 fully saturated rings. The molecule has 9 nitrogen and oxygen atoms in total. The van der Waals surface area contributed by atoms with Gasteiger partial charge in [-0.2, -0.15) is 19.1 Å². The van der Waals surface area contributed by atoms with Gasteiger partial charge in [-0.1, -0.05) is 0 Å². The normalized spacial score (nSPS) is 19.9. The molecule has 27 heavy (non-hydrogen) atoms. The van der Waals surface area contributed by atoms with E-state index < -0.39 is 0 Å². The summed E-state index contributed by atoms with van der Waals surface area (Å²) in [6.07, 6.45) is 3.86. The van der Waals surface area contributed by atoms with Gasteiger partial charge in [0.25, 0.3) is 0 Å². The number of hydrogen-bond acceptors (Lipinski definition) is 9. The third-order valence-electron chi connectivity index (χ3n) is 4.90. The Morgan fingerprint density at radius 3 is 2.78 bits per heavy atom. The number of nitrogens with two attached hydrogens (primary N) is 1. The molecule has 5 heterocycles. The van der Waals surface area contributed by atoms with Gasteiger partial charge in [-0.3, -0.25) is 5.01 Å². The molecule has 1 atom stereocenters. The highest BCUT2D eigenvalue weighted by Gasteiger charge is 2.27. The second-order valence-electron chi connectivity index (χ2n) is 7.17. The Hall–Kier alpha value is -2.72. The number of rotatable bonds is 4. The van der Waals surface area contributed by atoms with Gasteiger partial charge in [0.1, 0.15) is 16.6 Å². The summed E-state index contributed by atoms with van der Waals surface area (Å²) in [5.41, 5.74) is 8.90. The molecule has 5 rings (SSSR count). The van der Waals surface area contributed by atoms with E-state index in [1.165, 1.54) is 11.5 Å². The standard InChI is InChI=1S/C17H21N9S/c1-10-3-16(27-23-10)21-15-4-14(25-8-12(18)9-25)22-17-13(6-20-26(15)17)11-5-19-24(2)7-11/h3-6,11-12,21H,7-9,18H2,1-2H3. The number of aryl methyl sites for hydroxylation is 1. The average Bonchev–Trinajstić information content (AvgIpc) is 3.32. The predicted molar refractivity (Wildman–Crippen MR) is 107 cm³/mol. The largest absolute Gasteiger partial charge is 0.353 e. The molecule has 140 valence electrons. The maximum absolute atomic E-state index is 5.98. The lowest BCUT2D eigenvalue weighted by Gasteiger charge is -2.38. The van der Waals surface area contributed by atoms with Crippen LogP contribution in [0.25, 0.3) is 5.65 Å². The van der Waals surface area contributed by atoms with Crippen LogP contribution in [-0.4, -0.2) is 62.9 Å². The first-order valence-corrected chi connectivity index (χ1v) is 9.69. The van der Waals surface area contributed by atoms with Crippen molar-refractivity contribution in [3.8, 4) is 0 Å². The second-order valence-corrected chi connectivity index (χ2v) is 7.97. The van der Waals surface area contributed by atoms with Gasteiger partial charge >= 0.3 is 0 Å². The molecule has 0 radical (unpaired) electrons. The smallest absolute Gasteiger partial charge is 0.163 e. The summed E-state index contributed by atoms with van der Waals surface area (Å²) in [6, 6.07) is 4.27. The minimum Gasteiger partial charge on any atom is -0.353 e. The molecule has 3 aromatic heterocycles. The molecule has 0 amide bonds. The Morgan fingerprint density at radius 2 is 2.11 bits per heavy atom. The molecular weight excluding hydrogens is 362 g/mol. The summed E-state index contributed by atoms with van der Waals surface area (Å²) in [5.74, 6) is 1.97. The molecule has 0 spiro atoms. The van der Waals surface area contributed by atoms with Gasteiger partial charge in [0.05, 0.1) is 11.9 Å². The first kappa shape index (κ1) is 16.5. The maximum atomic E-state index is 5.98. The second kappa shape index (κ2) is 6.17. The van der Waals surface area contributed by atoms with Crippen molar-refractivity contribution in [2.45, 2.75) is 18.9 Å². The van der Waals surface area contributed by atoms with Crippen LogP contribution in [-0.2, 0) is 0 Å². The van der Waals surface area contributed by atoms with Gasteiger partial charge in [-0.05, 0) is 24.5 Å². The van der Waals surface area contributed by atoms with Crippen LogP contribution in [0.5, 0.6) is 0 Å². The third kappa shape index (κ3) is 2.90. The van der Waals surface area contributed by atoms with E-state index in [1.807, 2.05) is 48.0 Å². The van der Waals surface area contributed by atoms with E-state index in [0.717, 1.165) is 53.2 Å². The molecule has 2 aliphatic heterocycles. The summed E-state index contributed by atoms with van der Waals surface area (Å²) in [4.78, 5) is 7.10. The van der Waals surface area contributed by atoms with Crippen molar-refractivity contribution < 1.29 is 0 Å². The molecule has 0 aliphatic carbocycles. The Labute approximate surface area is 160 Å². The number of fused-ring (bicyclic) bond motifs is 1. The highest BCUT2D eigenvalue weighted by atomic mass is 32.1. The zero-order valence-electron chi connectivity index (χ0n) is 15.2. The fourth-order valence-corrected chi connectivity index (χ4v) is 4.15. The fraction of sp³-hybridized carbons (Fsp3) is 0.412. The van der Waals surface area contributed by atoms with Gasteiger partial charge in [0.15, 0.2) is 5.65 Å². The summed E-state index contributed by atoms with van der Waals surface area (Å²) in [5, 5.41) is 15.3. The van der Waals surface area contributed by atoms with E-state index in [9.17, 15) is 0 Å². The van der Waals surface area contributed by atoms with E-state index in [2.05, 4.69) is 24.8 Å². The van der Waals surface area contributed by atoms with Crippen LogP contribution in [0.15, 0.2) is 23.4 Å². The van der Waals surface area contributed by atoms with Gasteiger partial charge in [0, 0.05) is 56.5 Å². The minimum atomic E-state index is 0.187. The van der Waals surface area contributed by atoms with Crippen molar-refractivity contribution >= 4 is 40.0 Å². The minimum absolute atomic E-state index is 0.187. The number of anilines is 3. The van der Waals surface area contributed by atoms with Crippen LogP contribution >= 0.6 is 11.5 Å². The van der Waals surface area contributed by atoms with Gasteiger partial charge in [0.2, 0.25) is 0 Å². The van der Waals surface area contributed by atoms with Crippen molar-refractivity contribution in [2.24, 2.45) is 10.8 Å². The lowest BCUT2D eigenvalue weighted by atomic mass is 10.0. The quantitative estimate of drug-likeness (QED) is 0.702. The molecule has 0 bridgehead atoms. The summed E-state index contributed by atoms with van der Waals surface area (Å²) < 4.78 is 6.21. The molecule has 2 aliphatic rings. The molecule has 0 aromatic carbocycles. The number of nitrogens with zero attached hydrogens (tertiary/aromatic N) is 7. The van der Waals surface area contributed by atoms with Gasteiger partial charge in [-0.25, -0.2) is 4.98 Å². The number of hydrogen-bond donors (Lipinski definition) is 2. The molecule has 1 saturated heterocycles. The zero-order chi connectivity index (χ0) is 18.5. The number of nitrogens with one attached hydrogen (secondary N) is 1. The number of hydrazone groups is 1. The highest BCUT2D eigenvalue weighted by molar-refractivity contribution is 7.10. The lowest BCUT2D eigenvalue weighted by molar-refractivity contribution is 0.381. The van der Waals surface area contributed by atoms with Crippen molar-refractivity contribution in [2.75, 3.05) is 36.9 Å². The highest BCUT2D eigenvalue weighted by Crippen LogP contribution is 2.30. The molecular formula is C17H21N9S. The van der Waals surface area contributed by atoms with Crippen LogP contribution in [0.4, 0.5) is 16.6 Å². The molecule has 3 N–H and O–H groups in total. The van der Waals surface area contributed by atoms with Crippen LogP contribution < -0.4 is 16.0 Å². The maximum Gasteiger partial charge on any atom is 0.163 e. The van der Waals surface area contributed by atoms with Crippen molar-refractivity contribution in [3.05, 3.63) is 29.6 Å². The Morgan fingerprint density at radius 1 is 1.26 bits per heavy atom. The van der Waals surface area contributed by atoms with Crippen LogP contribution in [0.1, 0.15) is 17.2 Å². The predicted octanol–water partition coefficient (Wildman–Crippen LogP) is 1.40. The van der Waals surface area contributed by atoms with E-state index in [0.29, 0.717) is 0 Å². The fourth-order valence-electron chi connectivity index (χ4n) is 3.48. The third-order valence-corrected chi connectivity index (χ3v) is 5.70. The summed E-state index contributed by atoms with van der Waals surface area (Å²) in [7, 11) is 1.97. The topological polar surface area (TPSA) is 100.0 Å². The molecule has 1 unspecified atom stereocenters. The van der Waals surface area contributed by atoms with E-state index >= 15 is 0 Å². The van der Waals surface area contributed by atoms with Crippen LogP contribution in [0.3, 0.4) is 0 Å². The van der Waals surface area contributed by atoms with Crippen molar-refractivity contribution in [1.82, 2.24) is 24.0 Å². The van der Waals surface area contributed by atoms with Crippen LogP contribution in [0.2, 0.25) is 0 Å². The van der Waals surface area contributed by atoms with Gasteiger partial charge in [-0.15, -0.1) is 0 Å². The van der Waals surface area contributed by atoms with E-state index in [-0.39, 0.29) is 12.0 Å². The van der Waals surface area contributed by atoms with Crippen LogP contribution in [0, 0.1) is 6.92 Å². The van der Waals surface area contributed by atoms with E-state index in [1.54, 1.807) is 0 Å². The average molecular weight is 383 g/mol. The first-order chi connectivity index (χ1) is 13.1. The first-order valence-electron chi connectivity index (χ1n) is 8.91. The summed E-state index contributed by atoms with van der Waals surface area (Å²) in [6.45, 7) is 4.45. The van der Waals surface area contributed by atoms with E-state index in [4.69, 9.17) is 10.7 Å². The SMILES string of the molecule is Cc1cc(Nc2cc(N3CC(N)C3)nc3c(C4C=NN(C)C4)cnn23)sn1. The Kier molecular flexibility index (Phi) is 3.76. The lowest BCUT2D eigenvalue weighted by Crippen LogP contribution is -2.56. The Balaban J connectivity index is 1.59. The van der Waals surface area contributed by atoms with Crippen molar-refractivity contribution in [1.29, 1.82) is 0 Å². The van der Waals surface area contributed by atoms with Gasteiger partial charge < -0.3 is 16.0 Å². The molecule has 10 heteroatoms.